The van der Waals surface area contributed by atoms with Gasteiger partial charge in [-0.2, -0.15) is 0 Å². The molecule has 1 aliphatic heterocycles. The van der Waals surface area contributed by atoms with Crippen molar-refractivity contribution >= 4 is 29.2 Å². The zero-order valence-electron chi connectivity index (χ0n) is 20.4. The fraction of sp³-hybridized carbons (Fsp3) is 0.250. The highest BCUT2D eigenvalue weighted by molar-refractivity contribution is 6.07. The average molecular weight is 489 g/mol. The van der Waals surface area contributed by atoms with Gasteiger partial charge >= 0.3 is 5.97 Å². The summed E-state index contributed by atoms with van der Waals surface area (Å²) in [5.74, 6) is -0.249. The molecule has 0 spiro atoms. The van der Waals surface area contributed by atoms with Crippen molar-refractivity contribution in [3.63, 3.8) is 0 Å². The Hall–Kier alpha value is -4.33. The van der Waals surface area contributed by atoms with E-state index in [-0.39, 0.29) is 23.9 Å². The van der Waals surface area contributed by atoms with E-state index >= 15 is 0 Å². The first-order chi connectivity index (χ1) is 17.3. The van der Waals surface area contributed by atoms with E-state index in [0.717, 1.165) is 11.3 Å². The molecule has 4 rings (SSSR count). The van der Waals surface area contributed by atoms with Crippen molar-refractivity contribution in [3.05, 3.63) is 83.9 Å². The minimum absolute atomic E-state index is 0.120. The molecule has 36 heavy (non-hydrogen) atoms. The fourth-order valence-corrected chi connectivity index (χ4v) is 4.64. The number of para-hydroxylation sites is 1. The zero-order chi connectivity index (χ0) is 25.8. The molecule has 3 aromatic carbocycles. The van der Waals surface area contributed by atoms with E-state index in [0.29, 0.717) is 29.2 Å². The number of carboxylic acid groups (broad SMARTS) is 1. The van der Waals surface area contributed by atoms with Crippen LogP contribution in [0.3, 0.4) is 0 Å². The van der Waals surface area contributed by atoms with E-state index in [1.165, 1.54) is 6.92 Å². The number of rotatable bonds is 7. The number of methoxy groups -OCH3 is 1. The molecule has 0 unspecified atom stereocenters. The van der Waals surface area contributed by atoms with Crippen LogP contribution in [0.15, 0.2) is 72.8 Å². The lowest BCUT2D eigenvalue weighted by atomic mass is 9.89. The number of benzene rings is 3. The topological polar surface area (TPSA) is 96.4 Å². The van der Waals surface area contributed by atoms with Gasteiger partial charge in [0.2, 0.25) is 5.91 Å². The minimum Gasteiger partial charge on any atom is -0.497 e. The van der Waals surface area contributed by atoms with Crippen LogP contribution in [0, 0.1) is 0 Å². The van der Waals surface area contributed by atoms with Gasteiger partial charge in [0.05, 0.1) is 13.2 Å². The van der Waals surface area contributed by atoms with E-state index < -0.39 is 12.6 Å². The Labute approximate surface area is 209 Å². The molecule has 0 fully saturated rings. The van der Waals surface area contributed by atoms with Crippen molar-refractivity contribution < 1.29 is 29.0 Å². The number of carbonyl (C=O) groups excluding carboxylic acids is 2. The summed E-state index contributed by atoms with van der Waals surface area (Å²) in [6.07, 6.45) is 0.537. The quantitative estimate of drug-likeness (QED) is 0.518. The fourth-order valence-electron chi connectivity index (χ4n) is 4.64. The van der Waals surface area contributed by atoms with Crippen LogP contribution in [0.5, 0.6) is 11.5 Å². The highest BCUT2D eigenvalue weighted by Gasteiger charge is 2.38. The molecule has 1 aliphatic rings. The summed E-state index contributed by atoms with van der Waals surface area (Å²) < 4.78 is 10.4. The molecule has 8 nitrogen and oxygen atoms in total. The van der Waals surface area contributed by atoms with Crippen LogP contribution in [0.1, 0.15) is 42.2 Å². The van der Waals surface area contributed by atoms with E-state index in [4.69, 9.17) is 14.6 Å². The smallest absolute Gasteiger partial charge is 0.341 e. The lowest BCUT2D eigenvalue weighted by Crippen LogP contribution is -2.47. The lowest BCUT2D eigenvalue weighted by molar-refractivity contribution is -0.139. The maximum absolute atomic E-state index is 13.5. The Balaban J connectivity index is 1.67. The number of amides is 2. The van der Waals surface area contributed by atoms with Crippen molar-refractivity contribution in [3.8, 4) is 11.5 Å². The molecular weight excluding hydrogens is 460 g/mol. The van der Waals surface area contributed by atoms with Gasteiger partial charge in [-0.25, -0.2) is 4.79 Å². The van der Waals surface area contributed by atoms with Crippen molar-refractivity contribution in [2.45, 2.75) is 32.4 Å². The minimum atomic E-state index is -1.06. The normalized spacial score (nSPS) is 16.6. The van der Waals surface area contributed by atoms with E-state index in [2.05, 4.69) is 0 Å². The van der Waals surface area contributed by atoms with E-state index in [1.54, 1.807) is 65.4 Å². The number of anilines is 2. The van der Waals surface area contributed by atoms with Gasteiger partial charge in [0.25, 0.3) is 5.91 Å². The van der Waals surface area contributed by atoms with Crippen LogP contribution in [0.2, 0.25) is 0 Å². The number of hydrogen-bond acceptors (Lipinski definition) is 5. The summed E-state index contributed by atoms with van der Waals surface area (Å²) in [7, 11) is 1.58. The predicted molar refractivity (Wildman–Crippen MR) is 136 cm³/mol. The molecule has 186 valence electrons. The maximum Gasteiger partial charge on any atom is 0.341 e. The highest BCUT2D eigenvalue weighted by atomic mass is 16.5. The van der Waals surface area contributed by atoms with Gasteiger partial charge in [0, 0.05) is 29.9 Å². The Bertz CT molecular complexity index is 1260. The van der Waals surface area contributed by atoms with E-state index in [1.807, 2.05) is 31.2 Å². The Kier molecular flexibility index (Phi) is 7.24. The second kappa shape index (κ2) is 10.5. The van der Waals surface area contributed by atoms with Gasteiger partial charge in [-0.1, -0.05) is 18.2 Å². The number of aliphatic carboxylic acids is 1. The molecule has 0 aromatic heterocycles. The van der Waals surface area contributed by atoms with Crippen molar-refractivity contribution in [2.24, 2.45) is 0 Å². The van der Waals surface area contributed by atoms with E-state index in [9.17, 15) is 14.4 Å². The Morgan fingerprint density at radius 2 is 1.61 bits per heavy atom. The second-order valence-corrected chi connectivity index (χ2v) is 8.63. The molecular formula is C28H28N2O6. The van der Waals surface area contributed by atoms with Gasteiger partial charge < -0.3 is 24.4 Å². The third-order valence-corrected chi connectivity index (χ3v) is 6.24. The first-order valence-electron chi connectivity index (χ1n) is 11.6. The molecule has 0 bridgehead atoms. The summed E-state index contributed by atoms with van der Waals surface area (Å²) in [6, 6.07) is 20.9. The van der Waals surface area contributed by atoms with Crippen LogP contribution in [0.4, 0.5) is 11.4 Å². The maximum atomic E-state index is 13.5. The number of nitrogens with zero attached hydrogens (tertiary/aromatic N) is 2. The van der Waals surface area contributed by atoms with Crippen molar-refractivity contribution in [1.82, 2.24) is 0 Å². The molecule has 8 heteroatoms. The molecule has 0 aliphatic carbocycles. The summed E-state index contributed by atoms with van der Waals surface area (Å²) in [5.41, 5.74) is 2.84. The van der Waals surface area contributed by atoms with Crippen LogP contribution >= 0.6 is 0 Å². The summed E-state index contributed by atoms with van der Waals surface area (Å²) in [5, 5.41) is 8.82. The number of carboxylic acids is 1. The van der Waals surface area contributed by atoms with Crippen LogP contribution < -0.4 is 19.3 Å². The molecule has 1 heterocycles. The molecule has 0 saturated carbocycles. The van der Waals surface area contributed by atoms with Crippen LogP contribution in [-0.4, -0.2) is 42.6 Å². The third kappa shape index (κ3) is 5.02. The van der Waals surface area contributed by atoms with Gasteiger partial charge in [-0.05, 0) is 73.5 Å². The monoisotopic (exact) mass is 488 g/mol. The van der Waals surface area contributed by atoms with Crippen molar-refractivity contribution in [1.29, 1.82) is 0 Å². The third-order valence-electron chi connectivity index (χ3n) is 6.24. The van der Waals surface area contributed by atoms with Gasteiger partial charge in [0.15, 0.2) is 6.61 Å². The first-order valence-corrected chi connectivity index (χ1v) is 11.6. The molecule has 2 amide bonds. The van der Waals surface area contributed by atoms with Gasteiger partial charge in [0.1, 0.15) is 11.5 Å². The van der Waals surface area contributed by atoms with Gasteiger partial charge in [-0.3, -0.25) is 9.59 Å². The summed E-state index contributed by atoms with van der Waals surface area (Å²) in [6.45, 7) is 3.05. The SMILES string of the molecule is COc1ccc(C(=O)N2c3ccccc3[C@H](N(C(C)=O)c3ccc(OCC(=O)O)cc3)C[C@@H]2C)cc1. The average Bonchev–Trinajstić information content (AvgIpc) is 2.88. The number of carbonyl (C=O) groups is 3. The predicted octanol–water partition coefficient (Wildman–Crippen LogP) is 4.69. The van der Waals surface area contributed by atoms with Crippen LogP contribution in [0.25, 0.3) is 0 Å². The van der Waals surface area contributed by atoms with Gasteiger partial charge in [-0.15, -0.1) is 0 Å². The molecule has 2 atom stereocenters. The van der Waals surface area contributed by atoms with Crippen LogP contribution in [-0.2, 0) is 9.59 Å². The van der Waals surface area contributed by atoms with Crippen molar-refractivity contribution in [2.75, 3.05) is 23.5 Å². The molecule has 1 N–H and O–H groups in total. The Morgan fingerprint density at radius 3 is 2.22 bits per heavy atom. The number of hydrogen-bond donors (Lipinski definition) is 1. The standard InChI is InChI=1S/C28H28N2O6/c1-18-16-26(30(19(2)31)21-10-14-23(15-11-21)36-17-27(32)33)24-6-4-5-7-25(24)29(18)28(34)20-8-12-22(35-3)13-9-20/h4-15,18,26H,16-17H2,1-3H3,(H,32,33)/t18-,26+/m0/s1. The molecule has 0 saturated heterocycles. The number of fused-ring (bicyclic) bond motifs is 1. The highest BCUT2D eigenvalue weighted by Crippen LogP contribution is 2.43. The largest absolute Gasteiger partial charge is 0.497 e. The first kappa shape index (κ1) is 24.8. The molecule has 3 aromatic rings. The molecule has 0 radical (unpaired) electrons. The number of ether oxygens (including phenoxy) is 2. The summed E-state index contributed by atoms with van der Waals surface area (Å²) in [4.78, 5) is 40.7. The lowest BCUT2D eigenvalue weighted by Gasteiger charge is -2.43. The second-order valence-electron chi connectivity index (χ2n) is 8.63. The zero-order valence-corrected chi connectivity index (χ0v) is 20.4. The Morgan fingerprint density at radius 1 is 0.972 bits per heavy atom. The summed E-state index contributed by atoms with van der Waals surface area (Å²) >= 11 is 0.